The maximum atomic E-state index is 12.7. The molecule has 0 aliphatic rings. The summed E-state index contributed by atoms with van der Waals surface area (Å²) in [6, 6.07) is 7.90. The number of H-pyrrole nitrogens is 1. The number of nitrogens with one attached hydrogen (secondary N) is 2. The van der Waals surface area contributed by atoms with E-state index in [-0.39, 0.29) is 26.2 Å². The lowest BCUT2D eigenvalue weighted by molar-refractivity contribution is -0.141. The second-order valence-corrected chi connectivity index (χ2v) is 8.66. The van der Waals surface area contributed by atoms with Gasteiger partial charge >= 0.3 is 6.18 Å². The Bertz CT molecular complexity index is 1080. The van der Waals surface area contributed by atoms with E-state index in [1.54, 1.807) is 0 Å². The maximum Gasteiger partial charge on any atom is 0.432 e. The predicted octanol–water partition coefficient (Wildman–Crippen LogP) is 4.62. The van der Waals surface area contributed by atoms with Crippen LogP contribution in [-0.2, 0) is 16.2 Å². The molecule has 2 N–H and O–H groups in total. The summed E-state index contributed by atoms with van der Waals surface area (Å²) in [5.74, 6) is 0.266. The largest absolute Gasteiger partial charge is 0.495 e. The summed E-state index contributed by atoms with van der Waals surface area (Å²) in [5, 5.41) is 5.78. The number of nitrogens with zero attached hydrogens (tertiary/aromatic N) is 1. The van der Waals surface area contributed by atoms with E-state index in [0.29, 0.717) is 5.02 Å². The van der Waals surface area contributed by atoms with Crippen LogP contribution in [0.1, 0.15) is 5.69 Å². The number of ether oxygens (including phenoxy) is 1. The van der Waals surface area contributed by atoms with E-state index in [4.69, 9.17) is 16.3 Å². The molecule has 0 spiro atoms. The van der Waals surface area contributed by atoms with Crippen molar-refractivity contribution in [3.8, 4) is 16.3 Å². The molecule has 0 atom stereocenters. The minimum Gasteiger partial charge on any atom is -0.495 e. The van der Waals surface area contributed by atoms with E-state index in [9.17, 15) is 21.6 Å². The van der Waals surface area contributed by atoms with Gasteiger partial charge in [-0.2, -0.15) is 18.3 Å². The molecule has 0 saturated heterocycles. The summed E-state index contributed by atoms with van der Waals surface area (Å²) in [6.07, 6.45) is -4.57. The van der Waals surface area contributed by atoms with Crippen LogP contribution in [0.2, 0.25) is 5.02 Å². The number of anilines is 1. The summed E-state index contributed by atoms with van der Waals surface area (Å²) < 4.78 is 70.5. The predicted molar refractivity (Wildman–Crippen MR) is 95.7 cm³/mol. The molecule has 0 aliphatic carbocycles. The lowest BCUT2D eigenvalue weighted by atomic mass is 10.3. The summed E-state index contributed by atoms with van der Waals surface area (Å²) in [7, 11) is -2.63. The zero-order valence-electron chi connectivity index (χ0n) is 13.5. The zero-order valence-corrected chi connectivity index (χ0v) is 15.9. The van der Waals surface area contributed by atoms with Gasteiger partial charge in [0.1, 0.15) is 21.3 Å². The highest BCUT2D eigenvalue weighted by Gasteiger charge is 2.33. The molecular formula is C15H11ClF3N3O3S2. The number of aromatic amines is 1. The number of hydrogen-bond acceptors (Lipinski definition) is 5. The molecule has 0 unspecified atom stereocenters. The van der Waals surface area contributed by atoms with E-state index in [2.05, 4.69) is 9.82 Å². The highest BCUT2D eigenvalue weighted by molar-refractivity contribution is 7.94. The minimum atomic E-state index is -4.57. The zero-order chi connectivity index (χ0) is 19.8. The van der Waals surface area contributed by atoms with Crippen LogP contribution in [0.15, 0.2) is 40.6 Å². The fraction of sp³-hybridized carbons (Fsp3) is 0.133. The third-order valence-electron chi connectivity index (χ3n) is 3.39. The molecule has 0 bridgehead atoms. The first-order valence-corrected chi connectivity index (χ1v) is 9.87. The number of halogens is 4. The van der Waals surface area contributed by atoms with Gasteiger partial charge in [0, 0.05) is 5.02 Å². The molecule has 0 radical (unpaired) electrons. The molecule has 0 fully saturated rings. The Morgan fingerprint density at radius 1 is 1.22 bits per heavy atom. The number of rotatable bonds is 5. The Balaban J connectivity index is 1.89. The molecule has 0 saturated carbocycles. The van der Waals surface area contributed by atoms with Gasteiger partial charge in [0.2, 0.25) is 0 Å². The van der Waals surface area contributed by atoms with Crippen molar-refractivity contribution in [1.29, 1.82) is 0 Å². The molecule has 3 aromatic rings. The first kappa shape index (κ1) is 19.5. The van der Waals surface area contributed by atoms with Gasteiger partial charge in [-0.15, -0.1) is 11.3 Å². The van der Waals surface area contributed by atoms with Crippen molar-refractivity contribution in [2.75, 3.05) is 11.8 Å². The topological polar surface area (TPSA) is 84.1 Å². The molecule has 27 heavy (non-hydrogen) atoms. The van der Waals surface area contributed by atoms with Crippen LogP contribution in [0.3, 0.4) is 0 Å². The fourth-order valence-electron chi connectivity index (χ4n) is 2.15. The van der Waals surface area contributed by atoms with E-state index in [1.807, 2.05) is 5.10 Å². The third-order valence-corrected chi connectivity index (χ3v) is 6.59. The van der Waals surface area contributed by atoms with E-state index < -0.39 is 21.9 Å². The summed E-state index contributed by atoms with van der Waals surface area (Å²) >= 11 is 6.66. The Hall–Kier alpha value is -2.24. The van der Waals surface area contributed by atoms with Gasteiger partial charge in [-0.3, -0.25) is 9.82 Å². The number of alkyl halides is 3. The molecule has 1 aromatic carbocycles. The fourth-order valence-corrected chi connectivity index (χ4v) is 4.65. The van der Waals surface area contributed by atoms with E-state index in [0.717, 1.165) is 17.4 Å². The van der Waals surface area contributed by atoms with Gasteiger partial charge in [-0.1, -0.05) is 11.6 Å². The summed E-state index contributed by atoms with van der Waals surface area (Å²) in [5.41, 5.74) is -0.884. The smallest absolute Gasteiger partial charge is 0.432 e. The molecule has 144 valence electrons. The standard InChI is InChI=1S/C15H11ClF3N3O3S2/c1-25-11-3-2-8(16)6-9(11)22-27(23,24)14-5-4-12(26-14)10-7-13(21-20-10)15(17,18)19/h2-7,22H,1H3,(H,20,21). The molecular weight excluding hydrogens is 427 g/mol. The van der Waals surface area contributed by atoms with Crippen molar-refractivity contribution in [3.63, 3.8) is 0 Å². The Morgan fingerprint density at radius 2 is 1.96 bits per heavy atom. The molecule has 12 heteroatoms. The number of hydrogen-bond donors (Lipinski definition) is 2. The molecule has 2 aromatic heterocycles. The van der Waals surface area contributed by atoms with Crippen LogP contribution in [0.4, 0.5) is 18.9 Å². The van der Waals surface area contributed by atoms with Gasteiger partial charge in [0.25, 0.3) is 10.0 Å². The third kappa shape index (κ3) is 4.20. The first-order chi connectivity index (χ1) is 12.6. The number of methoxy groups -OCH3 is 1. The molecule has 2 heterocycles. The minimum absolute atomic E-state index is 0.00545. The number of aromatic nitrogens is 2. The molecule has 3 rings (SSSR count). The van der Waals surface area contributed by atoms with Gasteiger partial charge in [-0.25, -0.2) is 8.42 Å². The van der Waals surface area contributed by atoms with Crippen molar-refractivity contribution in [1.82, 2.24) is 10.2 Å². The number of benzene rings is 1. The monoisotopic (exact) mass is 437 g/mol. The molecule has 6 nitrogen and oxygen atoms in total. The second-order valence-electron chi connectivity index (χ2n) is 5.23. The van der Waals surface area contributed by atoms with Gasteiger partial charge in [0.05, 0.1) is 17.7 Å². The van der Waals surface area contributed by atoms with Crippen molar-refractivity contribution in [2.45, 2.75) is 10.4 Å². The highest BCUT2D eigenvalue weighted by atomic mass is 35.5. The Kier molecular flexibility index (Phi) is 5.10. The number of thiophene rings is 1. The second kappa shape index (κ2) is 7.06. The summed E-state index contributed by atoms with van der Waals surface area (Å²) in [6.45, 7) is 0. The van der Waals surface area contributed by atoms with E-state index in [1.165, 1.54) is 37.4 Å². The highest BCUT2D eigenvalue weighted by Crippen LogP contribution is 2.35. The van der Waals surface area contributed by atoms with Gasteiger partial charge < -0.3 is 4.74 Å². The molecule has 0 amide bonds. The number of sulfonamides is 1. The van der Waals surface area contributed by atoms with Crippen LogP contribution in [0, 0.1) is 0 Å². The quantitative estimate of drug-likeness (QED) is 0.610. The summed E-state index contributed by atoms with van der Waals surface area (Å²) in [4.78, 5) is 0.264. The van der Waals surface area contributed by atoms with Gasteiger partial charge in [0.15, 0.2) is 0 Å². The van der Waals surface area contributed by atoms with Crippen LogP contribution in [0.25, 0.3) is 10.6 Å². The van der Waals surface area contributed by atoms with Crippen molar-refractivity contribution in [2.24, 2.45) is 0 Å². The lowest BCUT2D eigenvalue weighted by Gasteiger charge is -2.11. The van der Waals surface area contributed by atoms with E-state index >= 15 is 0 Å². The van der Waals surface area contributed by atoms with Crippen LogP contribution < -0.4 is 9.46 Å². The average molecular weight is 438 g/mol. The first-order valence-electron chi connectivity index (χ1n) is 7.19. The van der Waals surface area contributed by atoms with Crippen molar-refractivity contribution >= 4 is 38.6 Å². The lowest BCUT2D eigenvalue weighted by Crippen LogP contribution is -2.12. The Labute approximate surface area is 161 Å². The Morgan fingerprint density at radius 3 is 2.59 bits per heavy atom. The SMILES string of the molecule is COc1ccc(Cl)cc1NS(=O)(=O)c1ccc(-c2cc(C(F)(F)F)[nH]n2)s1. The maximum absolute atomic E-state index is 12.7. The van der Waals surface area contributed by atoms with Crippen LogP contribution >= 0.6 is 22.9 Å². The van der Waals surface area contributed by atoms with Crippen molar-refractivity contribution < 1.29 is 26.3 Å². The average Bonchev–Trinajstić information content (AvgIpc) is 3.24. The van der Waals surface area contributed by atoms with Crippen molar-refractivity contribution in [3.05, 3.63) is 47.1 Å². The van der Waals surface area contributed by atoms with Crippen LogP contribution in [0.5, 0.6) is 5.75 Å². The van der Waals surface area contributed by atoms with Gasteiger partial charge in [-0.05, 0) is 36.4 Å². The molecule has 0 aliphatic heterocycles. The normalized spacial score (nSPS) is 12.2. The van der Waals surface area contributed by atoms with Crippen LogP contribution in [-0.4, -0.2) is 25.7 Å².